The minimum Gasteiger partial charge on any atom is -0.493 e. The number of esters is 1. The van der Waals surface area contributed by atoms with Crippen LogP contribution in [-0.4, -0.2) is 24.2 Å². The molecule has 0 saturated carbocycles. The highest BCUT2D eigenvalue weighted by Crippen LogP contribution is 2.26. The van der Waals surface area contributed by atoms with Gasteiger partial charge in [0.2, 0.25) is 0 Å². The first-order valence-corrected chi connectivity index (χ1v) is 5.69. The highest BCUT2D eigenvalue weighted by molar-refractivity contribution is 5.73. The highest BCUT2D eigenvalue weighted by Gasteiger charge is 2.09. The minimum atomic E-state index is -0.854. The van der Waals surface area contributed by atoms with Crippen molar-refractivity contribution < 1.29 is 24.2 Å². The van der Waals surface area contributed by atoms with E-state index < -0.39 is 5.97 Å². The zero-order chi connectivity index (χ0) is 13.4. The number of unbranched alkanes of at least 4 members (excludes halogenated alkanes) is 1. The summed E-state index contributed by atoms with van der Waals surface area (Å²) >= 11 is 0. The van der Waals surface area contributed by atoms with Crippen LogP contribution < -0.4 is 9.47 Å². The van der Waals surface area contributed by atoms with Gasteiger partial charge in [-0.05, 0) is 25.0 Å². The molecule has 1 rings (SSSR count). The highest BCUT2D eigenvalue weighted by atomic mass is 16.6. The molecule has 0 amide bonds. The number of carbonyl (C=O) groups excluding carboxylic acids is 1. The number of ether oxygens (including phenoxy) is 2. The van der Waals surface area contributed by atoms with Gasteiger partial charge in [-0.1, -0.05) is 12.1 Å². The second kappa shape index (κ2) is 7.32. The molecule has 0 spiro atoms. The van der Waals surface area contributed by atoms with E-state index >= 15 is 0 Å². The standard InChI is InChI=1S/C13H16O5/c1-17-10-6-2-3-7-11(10)18-13(16)9-5-4-8-12(14)15/h2-3,6-7H,4-5,8-9H2,1H3,(H,14,15). The van der Waals surface area contributed by atoms with E-state index in [0.29, 0.717) is 24.3 Å². The maximum Gasteiger partial charge on any atom is 0.311 e. The van der Waals surface area contributed by atoms with E-state index in [-0.39, 0.29) is 18.8 Å². The molecule has 0 unspecified atom stereocenters. The Hall–Kier alpha value is -2.04. The Kier molecular flexibility index (Phi) is 5.70. The van der Waals surface area contributed by atoms with E-state index in [0.717, 1.165) is 0 Å². The molecule has 0 aromatic heterocycles. The van der Waals surface area contributed by atoms with Crippen molar-refractivity contribution in [2.24, 2.45) is 0 Å². The van der Waals surface area contributed by atoms with Gasteiger partial charge < -0.3 is 14.6 Å². The number of hydrogen-bond acceptors (Lipinski definition) is 4. The fourth-order valence-corrected chi connectivity index (χ4v) is 1.42. The summed E-state index contributed by atoms with van der Waals surface area (Å²) in [4.78, 5) is 21.8. The minimum absolute atomic E-state index is 0.0714. The van der Waals surface area contributed by atoms with Crippen LogP contribution in [0.3, 0.4) is 0 Å². The Bertz CT molecular complexity index is 414. The van der Waals surface area contributed by atoms with Crippen molar-refractivity contribution in [3.8, 4) is 11.5 Å². The van der Waals surface area contributed by atoms with Crippen molar-refractivity contribution in [1.82, 2.24) is 0 Å². The summed E-state index contributed by atoms with van der Waals surface area (Å²) in [6.45, 7) is 0. The molecule has 18 heavy (non-hydrogen) atoms. The van der Waals surface area contributed by atoms with Gasteiger partial charge in [-0.2, -0.15) is 0 Å². The predicted octanol–water partition coefficient (Wildman–Crippen LogP) is 2.25. The average Bonchev–Trinajstić information content (AvgIpc) is 2.35. The second-order valence-electron chi connectivity index (χ2n) is 3.73. The molecular weight excluding hydrogens is 236 g/mol. The average molecular weight is 252 g/mol. The first-order chi connectivity index (χ1) is 8.63. The van der Waals surface area contributed by atoms with Gasteiger partial charge in [0.05, 0.1) is 7.11 Å². The van der Waals surface area contributed by atoms with Gasteiger partial charge in [0.25, 0.3) is 0 Å². The molecule has 0 bridgehead atoms. The van der Waals surface area contributed by atoms with Crippen molar-refractivity contribution in [2.45, 2.75) is 25.7 Å². The maximum atomic E-state index is 11.5. The summed E-state index contributed by atoms with van der Waals surface area (Å²) in [5.74, 6) is -0.363. The van der Waals surface area contributed by atoms with Crippen LogP contribution in [0.25, 0.3) is 0 Å². The number of carbonyl (C=O) groups is 2. The van der Waals surface area contributed by atoms with Crippen LogP contribution in [0.15, 0.2) is 24.3 Å². The monoisotopic (exact) mass is 252 g/mol. The number of aliphatic carboxylic acids is 1. The number of carboxylic acid groups (broad SMARTS) is 1. The largest absolute Gasteiger partial charge is 0.493 e. The molecular formula is C13H16O5. The number of para-hydroxylation sites is 2. The van der Waals surface area contributed by atoms with Crippen LogP contribution in [0, 0.1) is 0 Å². The van der Waals surface area contributed by atoms with Gasteiger partial charge in [-0.15, -0.1) is 0 Å². The third-order valence-electron chi connectivity index (χ3n) is 2.31. The molecule has 0 aliphatic rings. The summed E-state index contributed by atoms with van der Waals surface area (Å²) in [6.07, 6.45) is 1.24. The maximum absolute atomic E-state index is 11.5. The molecule has 0 aliphatic heterocycles. The Morgan fingerprint density at radius 1 is 1.11 bits per heavy atom. The number of benzene rings is 1. The van der Waals surface area contributed by atoms with Crippen LogP contribution in [0.4, 0.5) is 0 Å². The van der Waals surface area contributed by atoms with Gasteiger partial charge in [0, 0.05) is 12.8 Å². The lowest BCUT2D eigenvalue weighted by molar-refractivity contribution is -0.138. The van der Waals surface area contributed by atoms with E-state index in [9.17, 15) is 9.59 Å². The zero-order valence-corrected chi connectivity index (χ0v) is 10.2. The zero-order valence-electron chi connectivity index (χ0n) is 10.2. The van der Waals surface area contributed by atoms with E-state index in [1.807, 2.05) is 0 Å². The van der Waals surface area contributed by atoms with Crippen molar-refractivity contribution in [3.63, 3.8) is 0 Å². The van der Waals surface area contributed by atoms with Gasteiger partial charge in [0.15, 0.2) is 11.5 Å². The smallest absolute Gasteiger partial charge is 0.311 e. The van der Waals surface area contributed by atoms with E-state index in [2.05, 4.69) is 0 Å². The molecule has 98 valence electrons. The lowest BCUT2D eigenvalue weighted by atomic mass is 10.2. The molecule has 0 heterocycles. The Balaban J connectivity index is 2.37. The molecule has 5 nitrogen and oxygen atoms in total. The molecule has 0 fully saturated rings. The topological polar surface area (TPSA) is 72.8 Å². The van der Waals surface area contributed by atoms with Gasteiger partial charge >= 0.3 is 11.9 Å². The fourth-order valence-electron chi connectivity index (χ4n) is 1.42. The third kappa shape index (κ3) is 4.86. The van der Waals surface area contributed by atoms with Crippen LogP contribution in [0.5, 0.6) is 11.5 Å². The Labute approximate surface area is 105 Å². The Morgan fingerprint density at radius 2 is 1.72 bits per heavy atom. The molecule has 0 radical (unpaired) electrons. The molecule has 1 aromatic carbocycles. The summed E-state index contributed by atoms with van der Waals surface area (Å²) in [5.41, 5.74) is 0. The number of carboxylic acids is 1. The van der Waals surface area contributed by atoms with Gasteiger partial charge in [-0.25, -0.2) is 0 Å². The summed E-state index contributed by atoms with van der Waals surface area (Å²) < 4.78 is 10.2. The van der Waals surface area contributed by atoms with Gasteiger partial charge in [-0.3, -0.25) is 9.59 Å². The first kappa shape index (κ1) is 14.0. The SMILES string of the molecule is COc1ccccc1OC(=O)CCCCC(=O)O. The number of hydrogen-bond donors (Lipinski definition) is 1. The number of methoxy groups -OCH3 is 1. The van der Waals surface area contributed by atoms with Crippen molar-refractivity contribution >= 4 is 11.9 Å². The first-order valence-electron chi connectivity index (χ1n) is 5.69. The van der Waals surface area contributed by atoms with Crippen LogP contribution >= 0.6 is 0 Å². The molecule has 5 heteroatoms. The van der Waals surface area contributed by atoms with Crippen LogP contribution in [0.2, 0.25) is 0 Å². The summed E-state index contributed by atoms with van der Waals surface area (Å²) in [7, 11) is 1.50. The normalized spacial score (nSPS) is 9.83. The van der Waals surface area contributed by atoms with E-state index in [1.165, 1.54) is 7.11 Å². The predicted molar refractivity (Wildman–Crippen MR) is 64.7 cm³/mol. The summed E-state index contributed by atoms with van der Waals surface area (Å²) in [5, 5.41) is 8.45. The van der Waals surface area contributed by atoms with Crippen molar-refractivity contribution in [1.29, 1.82) is 0 Å². The van der Waals surface area contributed by atoms with Crippen LogP contribution in [0.1, 0.15) is 25.7 Å². The summed E-state index contributed by atoms with van der Waals surface area (Å²) in [6, 6.07) is 6.87. The van der Waals surface area contributed by atoms with Crippen molar-refractivity contribution in [2.75, 3.05) is 7.11 Å². The third-order valence-corrected chi connectivity index (χ3v) is 2.31. The molecule has 0 atom stereocenters. The molecule has 1 N–H and O–H groups in total. The molecule has 1 aromatic rings. The van der Waals surface area contributed by atoms with Crippen molar-refractivity contribution in [3.05, 3.63) is 24.3 Å². The molecule has 0 aliphatic carbocycles. The fraction of sp³-hybridized carbons (Fsp3) is 0.385. The lowest BCUT2D eigenvalue weighted by Gasteiger charge is -2.08. The van der Waals surface area contributed by atoms with Gasteiger partial charge in [0.1, 0.15) is 0 Å². The molecule has 0 saturated heterocycles. The quantitative estimate of drug-likeness (QED) is 0.457. The Morgan fingerprint density at radius 3 is 2.33 bits per heavy atom. The lowest BCUT2D eigenvalue weighted by Crippen LogP contribution is -2.08. The van der Waals surface area contributed by atoms with Crippen LogP contribution in [-0.2, 0) is 9.59 Å². The number of rotatable bonds is 7. The van der Waals surface area contributed by atoms with E-state index in [4.69, 9.17) is 14.6 Å². The second-order valence-corrected chi connectivity index (χ2v) is 3.73. The van der Waals surface area contributed by atoms with E-state index in [1.54, 1.807) is 24.3 Å².